The first-order valence-corrected chi connectivity index (χ1v) is 6.32. The largest absolute Gasteiger partial charge is 0.497 e. The fraction of sp³-hybridized carbons (Fsp3) is 0.500. The lowest BCUT2D eigenvalue weighted by Gasteiger charge is -2.18. The maximum Gasteiger partial charge on any atom is 0.251 e. The predicted molar refractivity (Wildman–Crippen MR) is 75.2 cm³/mol. The Labute approximate surface area is 113 Å². The number of nitrogen functional groups attached to an aromatic ring is 1. The number of aliphatic hydroxyl groups is 1. The lowest BCUT2D eigenvalue weighted by Crippen LogP contribution is -2.38. The van der Waals surface area contributed by atoms with Crippen LogP contribution in [0, 0.1) is 5.92 Å². The lowest BCUT2D eigenvalue weighted by atomic mass is 10.0. The van der Waals surface area contributed by atoms with Crippen molar-refractivity contribution in [3.05, 3.63) is 23.8 Å². The molecule has 0 saturated heterocycles. The van der Waals surface area contributed by atoms with Crippen molar-refractivity contribution in [1.29, 1.82) is 0 Å². The second kappa shape index (κ2) is 6.99. The standard InChI is InChI=1S/C14H22N2O3/c1-9(2)4-12(8-17)16-14(18)10-5-11(15)7-13(6-10)19-3/h5-7,9,12,17H,4,8,15H2,1-3H3,(H,16,18). The third-order valence-corrected chi connectivity index (χ3v) is 2.74. The molecule has 1 aromatic carbocycles. The number of carbonyl (C=O) groups excluding carboxylic acids is 1. The Hall–Kier alpha value is -1.75. The fourth-order valence-electron chi connectivity index (χ4n) is 1.89. The minimum atomic E-state index is -0.259. The molecule has 1 amide bonds. The zero-order valence-electron chi connectivity index (χ0n) is 11.6. The zero-order chi connectivity index (χ0) is 14.4. The van der Waals surface area contributed by atoms with Crippen LogP contribution < -0.4 is 15.8 Å². The van der Waals surface area contributed by atoms with Gasteiger partial charge in [-0.25, -0.2) is 0 Å². The van der Waals surface area contributed by atoms with E-state index in [4.69, 9.17) is 10.5 Å². The van der Waals surface area contributed by atoms with E-state index in [1.54, 1.807) is 18.2 Å². The van der Waals surface area contributed by atoms with E-state index in [1.165, 1.54) is 7.11 Å². The van der Waals surface area contributed by atoms with Gasteiger partial charge in [0.05, 0.1) is 19.8 Å². The van der Waals surface area contributed by atoms with Gasteiger partial charge in [-0.05, 0) is 24.5 Å². The van der Waals surface area contributed by atoms with Crippen LogP contribution in [0.2, 0.25) is 0 Å². The molecule has 4 N–H and O–H groups in total. The number of methoxy groups -OCH3 is 1. The Balaban J connectivity index is 2.79. The molecule has 0 fully saturated rings. The topological polar surface area (TPSA) is 84.6 Å². The van der Waals surface area contributed by atoms with Gasteiger partial charge in [-0.15, -0.1) is 0 Å². The summed E-state index contributed by atoms with van der Waals surface area (Å²) in [5.41, 5.74) is 6.60. The van der Waals surface area contributed by atoms with Gasteiger partial charge in [0, 0.05) is 17.3 Å². The van der Waals surface area contributed by atoms with Crippen molar-refractivity contribution < 1.29 is 14.6 Å². The number of benzene rings is 1. The minimum Gasteiger partial charge on any atom is -0.497 e. The molecule has 0 radical (unpaired) electrons. The number of aliphatic hydroxyl groups excluding tert-OH is 1. The average Bonchev–Trinajstić information content (AvgIpc) is 2.36. The summed E-state index contributed by atoms with van der Waals surface area (Å²) in [6.07, 6.45) is 0.724. The highest BCUT2D eigenvalue weighted by Crippen LogP contribution is 2.18. The number of hydrogen-bond acceptors (Lipinski definition) is 4. The lowest BCUT2D eigenvalue weighted by molar-refractivity contribution is 0.0908. The van der Waals surface area contributed by atoms with Gasteiger partial charge in [-0.3, -0.25) is 4.79 Å². The van der Waals surface area contributed by atoms with Crippen LogP contribution in [0.1, 0.15) is 30.6 Å². The quantitative estimate of drug-likeness (QED) is 0.680. The van der Waals surface area contributed by atoms with Crippen LogP contribution in [0.5, 0.6) is 5.75 Å². The Bertz CT molecular complexity index is 433. The molecular weight excluding hydrogens is 244 g/mol. The van der Waals surface area contributed by atoms with Crippen LogP contribution in [-0.2, 0) is 0 Å². The number of amides is 1. The van der Waals surface area contributed by atoms with Crippen LogP contribution >= 0.6 is 0 Å². The van der Waals surface area contributed by atoms with Crippen molar-refractivity contribution in [2.24, 2.45) is 5.92 Å². The molecule has 1 rings (SSSR count). The summed E-state index contributed by atoms with van der Waals surface area (Å²) in [7, 11) is 1.52. The maximum absolute atomic E-state index is 12.1. The van der Waals surface area contributed by atoms with Gasteiger partial charge < -0.3 is 20.9 Å². The smallest absolute Gasteiger partial charge is 0.251 e. The number of anilines is 1. The number of ether oxygens (including phenoxy) is 1. The highest BCUT2D eigenvalue weighted by molar-refractivity contribution is 5.95. The normalized spacial score (nSPS) is 12.3. The molecule has 0 spiro atoms. The summed E-state index contributed by atoms with van der Waals surface area (Å²) in [5, 5.41) is 12.1. The van der Waals surface area contributed by atoms with Crippen molar-refractivity contribution in [2.45, 2.75) is 26.3 Å². The minimum absolute atomic E-state index is 0.0800. The Kier molecular flexibility index (Phi) is 5.63. The summed E-state index contributed by atoms with van der Waals surface area (Å²) in [6.45, 7) is 4.00. The molecule has 106 valence electrons. The number of carbonyl (C=O) groups is 1. The summed E-state index contributed by atoms with van der Waals surface area (Å²) in [5.74, 6) is 0.674. The summed E-state index contributed by atoms with van der Waals surface area (Å²) < 4.78 is 5.07. The second-order valence-corrected chi connectivity index (χ2v) is 4.98. The van der Waals surface area contributed by atoms with Crippen molar-refractivity contribution in [3.63, 3.8) is 0 Å². The molecule has 1 unspecified atom stereocenters. The zero-order valence-corrected chi connectivity index (χ0v) is 11.6. The molecule has 0 heterocycles. The monoisotopic (exact) mass is 266 g/mol. The molecule has 0 aliphatic rings. The Morgan fingerprint density at radius 3 is 2.63 bits per heavy atom. The van der Waals surface area contributed by atoms with Crippen LogP contribution in [0.3, 0.4) is 0 Å². The van der Waals surface area contributed by atoms with Gasteiger partial charge in [0.25, 0.3) is 5.91 Å². The summed E-state index contributed by atoms with van der Waals surface area (Å²) in [4.78, 5) is 12.1. The maximum atomic E-state index is 12.1. The summed E-state index contributed by atoms with van der Waals surface area (Å²) in [6, 6.07) is 4.60. The van der Waals surface area contributed by atoms with Gasteiger partial charge in [-0.1, -0.05) is 13.8 Å². The van der Waals surface area contributed by atoms with Gasteiger partial charge in [0.2, 0.25) is 0 Å². The van der Waals surface area contributed by atoms with E-state index in [9.17, 15) is 9.90 Å². The van der Waals surface area contributed by atoms with E-state index in [0.29, 0.717) is 22.9 Å². The molecule has 1 aromatic rings. The Morgan fingerprint density at radius 1 is 1.42 bits per heavy atom. The van der Waals surface area contributed by atoms with Crippen molar-refractivity contribution in [3.8, 4) is 5.75 Å². The number of nitrogens with one attached hydrogen (secondary N) is 1. The van der Waals surface area contributed by atoms with Crippen LogP contribution in [0.15, 0.2) is 18.2 Å². The van der Waals surface area contributed by atoms with Crippen LogP contribution in [0.4, 0.5) is 5.69 Å². The van der Waals surface area contributed by atoms with E-state index in [2.05, 4.69) is 5.32 Å². The van der Waals surface area contributed by atoms with E-state index < -0.39 is 0 Å². The molecule has 0 aliphatic carbocycles. The van der Waals surface area contributed by atoms with Gasteiger partial charge in [0.1, 0.15) is 5.75 Å². The van der Waals surface area contributed by atoms with Crippen LogP contribution in [0.25, 0.3) is 0 Å². The van der Waals surface area contributed by atoms with E-state index in [0.717, 1.165) is 6.42 Å². The first kappa shape index (κ1) is 15.3. The average molecular weight is 266 g/mol. The SMILES string of the molecule is COc1cc(N)cc(C(=O)NC(CO)CC(C)C)c1. The van der Waals surface area contributed by atoms with E-state index in [1.807, 2.05) is 13.8 Å². The van der Waals surface area contributed by atoms with Gasteiger partial charge in [-0.2, -0.15) is 0 Å². The highest BCUT2D eigenvalue weighted by Gasteiger charge is 2.15. The third-order valence-electron chi connectivity index (χ3n) is 2.74. The third kappa shape index (κ3) is 4.79. The molecule has 5 nitrogen and oxygen atoms in total. The first-order valence-electron chi connectivity index (χ1n) is 6.32. The predicted octanol–water partition coefficient (Wildman–Crippen LogP) is 1.41. The molecule has 0 aliphatic heterocycles. The highest BCUT2D eigenvalue weighted by atomic mass is 16.5. The van der Waals surface area contributed by atoms with Gasteiger partial charge >= 0.3 is 0 Å². The van der Waals surface area contributed by atoms with Crippen molar-refractivity contribution in [1.82, 2.24) is 5.32 Å². The molecule has 1 atom stereocenters. The molecule has 5 heteroatoms. The molecule has 0 saturated carbocycles. The molecule has 19 heavy (non-hydrogen) atoms. The van der Waals surface area contributed by atoms with E-state index >= 15 is 0 Å². The molecule has 0 bridgehead atoms. The fourth-order valence-corrected chi connectivity index (χ4v) is 1.89. The van der Waals surface area contributed by atoms with Crippen molar-refractivity contribution in [2.75, 3.05) is 19.5 Å². The molecule has 0 aromatic heterocycles. The molecular formula is C14H22N2O3. The van der Waals surface area contributed by atoms with Crippen LogP contribution in [-0.4, -0.2) is 30.8 Å². The number of hydrogen-bond donors (Lipinski definition) is 3. The second-order valence-electron chi connectivity index (χ2n) is 4.98. The summed E-state index contributed by atoms with van der Waals surface area (Å²) >= 11 is 0. The Morgan fingerprint density at radius 2 is 2.11 bits per heavy atom. The van der Waals surface area contributed by atoms with Crippen molar-refractivity contribution >= 4 is 11.6 Å². The first-order chi connectivity index (χ1) is 8.96. The number of nitrogens with two attached hydrogens (primary N) is 1. The van der Waals surface area contributed by atoms with E-state index in [-0.39, 0.29) is 18.6 Å². The van der Waals surface area contributed by atoms with Gasteiger partial charge in [0.15, 0.2) is 0 Å². The number of rotatable bonds is 6.